The molecule has 170 valence electrons. The number of rotatable bonds is 13. The Morgan fingerprint density at radius 3 is 2.29 bits per heavy atom. The topological polar surface area (TPSA) is 119 Å². The van der Waals surface area contributed by atoms with Gasteiger partial charge in [0.1, 0.15) is 0 Å². The van der Waals surface area contributed by atoms with Crippen LogP contribution in [0.15, 0.2) is 59.5 Å². The first-order chi connectivity index (χ1) is 14.7. The zero-order chi connectivity index (χ0) is 22.7. The minimum Gasteiger partial charge on any atom is -0.382 e. The maximum atomic E-state index is 12.3. The molecule has 2 aromatic carbocycles. The number of hydrogen-bond acceptors (Lipinski definition) is 6. The molecule has 0 spiro atoms. The van der Waals surface area contributed by atoms with Gasteiger partial charge in [0.05, 0.1) is 16.4 Å². The Bertz CT molecular complexity index is 1040. The summed E-state index contributed by atoms with van der Waals surface area (Å²) in [6.45, 7) is 3.19. The summed E-state index contributed by atoms with van der Waals surface area (Å²) in [4.78, 5) is 12.2. The molecule has 0 radical (unpaired) electrons. The molecule has 31 heavy (non-hydrogen) atoms. The highest BCUT2D eigenvalue weighted by atomic mass is 32.2. The van der Waals surface area contributed by atoms with Gasteiger partial charge in [-0.25, -0.2) is 21.6 Å². The molecule has 0 fully saturated rings. The number of sulfone groups is 1. The van der Waals surface area contributed by atoms with Crippen LogP contribution in [0, 0.1) is 0 Å². The molecular weight excluding hydrogens is 440 g/mol. The first kappa shape index (κ1) is 25.0. The van der Waals surface area contributed by atoms with E-state index in [1.165, 1.54) is 24.3 Å². The fourth-order valence-electron chi connectivity index (χ4n) is 2.70. The number of amides is 1. The van der Waals surface area contributed by atoms with E-state index in [1.54, 1.807) is 30.3 Å². The van der Waals surface area contributed by atoms with E-state index in [-0.39, 0.29) is 29.4 Å². The lowest BCUT2D eigenvalue weighted by atomic mass is 10.2. The van der Waals surface area contributed by atoms with Crippen LogP contribution in [0.2, 0.25) is 0 Å². The molecular formula is C21H28N2O6S2. The standard InChI is InChI=1S/C21H28N2O6S2/c1-2-29-15-6-14-22-31(27,28)20-11-9-19(10-12-20)23-21(24)13-16-30(25,26)17-18-7-4-3-5-8-18/h3-5,7-12,22H,2,6,13-17H2,1H3,(H,23,24). The van der Waals surface area contributed by atoms with Crippen LogP contribution in [-0.2, 0) is 35.1 Å². The second-order valence-electron chi connectivity index (χ2n) is 6.85. The molecule has 10 heteroatoms. The monoisotopic (exact) mass is 468 g/mol. The zero-order valence-corrected chi connectivity index (χ0v) is 19.0. The van der Waals surface area contributed by atoms with Crippen molar-refractivity contribution in [2.75, 3.05) is 30.8 Å². The molecule has 2 rings (SSSR count). The van der Waals surface area contributed by atoms with E-state index in [4.69, 9.17) is 4.74 Å². The Hall–Kier alpha value is -2.27. The van der Waals surface area contributed by atoms with Gasteiger partial charge < -0.3 is 10.1 Å². The quantitative estimate of drug-likeness (QED) is 0.436. The molecule has 8 nitrogen and oxygen atoms in total. The van der Waals surface area contributed by atoms with Crippen LogP contribution in [0.4, 0.5) is 5.69 Å². The highest BCUT2D eigenvalue weighted by Crippen LogP contribution is 2.15. The molecule has 0 atom stereocenters. The first-order valence-corrected chi connectivity index (χ1v) is 13.2. The van der Waals surface area contributed by atoms with E-state index in [9.17, 15) is 21.6 Å². The summed E-state index contributed by atoms with van der Waals surface area (Å²) in [7, 11) is -7.07. The molecule has 0 saturated heterocycles. The minimum atomic E-state index is -3.65. The summed E-state index contributed by atoms with van der Waals surface area (Å²) in [5.41, 5.74) is 1.06. The lowest BCUT2D eigenvalue weighted by Gasteiger charge is -2.09. The Balaban J connectivity index is 1.83. The summed E-state index contributed by atoms with van der Waals surface area (Å²) < 4.78 is 56.6. The lowest BCUT2D eigenvalue weighted by Crippen LogP contribution is -2.25. The van der Waals surface area contributed by atoms with Crippen molar-refractivity contribution in [2.24, 2.45) is 0 Å². The maximum absolute atomic E-state index is 12.3. The van der Waals surface area contributed by atoms with E-state index < -0.39 is 25.8 Å². The van der Waals surface area contributed by atoms with Gasteiger partial charge in [0, 0.05) is 31.9 Å². The smallest absolute Gasteiger partial charge is 0.240 e. The van der Waals surface area contributed by atoms with E-state index in [1.807, 2.05) is 6.92 Å². The molecule has 0 saturated carbocycles. The van der Waals surface area contributed by atoms with Crippen molar-refractivity contribution in [2.45, 2.75) is 30.4 Å². The molecule has 2 aromatic rings. The average Bonchev–Trinajstić information content (AvgIpc) is 2.73. The van der Waals surface area contributed by atoms with Gasteiger partial charge in [-0.3, -0.25) is 4.79 Å². The number of hydrogen-bond donors (Lipinski definition) is 2. The predicted molar refractivity (Wildman–Crippen MR) is 120 cm³/mol. The number of carbonyl (C=O) groups is 1. The van der Waals surface area contributed by atoms with Gasteiger partial charge in [-0.2, -0.15) is 0 Å². The molecule has 0 aliphatic carbocycles. The summed E-state index contributed by atoms with van der Waals surface area (Å²) >= 11 is 0. The molecule has 0 aliphatic rings. The fraction of sp³-hybridized carbons (Fsp3) is 0.381. The zero-order valence-electron chi connectivity index (χ0n) is 17.4. The average molecular weight is 469 g/mol. The number of benzene rings is 2. The van der Waals surface area contributed by atoms with Crippen molar-refractivity contribution < 1.29 is 26.4 Å². The maximum Gasteiger partial charge on any atom is 0.240 e. The van der Waals surface area contributed by atoms with Gasteiger partial charge in [0.15, 0.2) is 9.84 Å². The number of nitrogens with one attached hydrogen (secondary N) is 2. The van der Waals surface area contributed by atoms with Crippen LogP contribution >= 0.6 is 0 Å². The van der Waals surface area contributed by atoms with E-state index >= 15 is 0 Å². The molecule has 0 heterocycles. The second-order valence-corrected chi connectivity index (χ2v) is 10.8. The summed E-state index contributed by atoms with van der Waals surface area (Å²) in [6, 6.07) is 14.5. The van der Waals surface area contributed by atoms with Crippen LogP contribution in [0.1, 0.15) is 25.3 Å². The summed E-state index contributed by atoms with van der Waals surface area (Å²) in [5.74, 6) is -0.849. The van der Waals surface area contributed by atoms with Gasteiger partial charge in [0.2, 0.25) is 15.9 Å². The third kappa shape index (κ3) is 9.18. The van der Waals surface area contributed by atoms with Gasteiger partial charge in [0.25, 0.3) is 0 Å². The van der Waals surface area contributed by atoms with E-state index in [0.29, 0.717) is 30.9 Å². The van der Waals surface area contributed by atoms with Crippen LogP contribution in [0.3, 0.4) is 0 Å². The lowest BCUT2D eigenvalue weighted by molar-refractivity contribution is -0.115. The van der Waals surface area contributed by atoms with Crippen LogP contribution < -0.4 is 10.0 Å². The van der Waals surface area contributed by atoms with Crippen LogP contribution in [0.5, 0.6) is 0 Å². The minimum absolute atomic E-state index is 0.0762. The Morgan fingerprint density at radius 1 is 0.968 bits per heavy atom. The Morgan fingerprint density at radius 2 is 1.65 bits per heavy atom. The molecule has 0 bridgehead atoms. The molecule has 0 aromatic heterocycles. The Kier molecular flexibility index (Phi) is 9.63. The second kappa shape index (κ2) is 11.9. The number of ether oxygens (including phenoxy) is 1. The van der Waals surface area contributed by atoms with E-state index in [0.717, 1.165) is 0 Å². The molecule has 0 aliphatic heterocycles. The van der Waals surface area contributed by atoms with Gasteiger partial charge in [-0.1, -0.05) is 30.3 Å². The first-order valence-electron chi connectivity index (χ1n) is 9.93. The van der Waals surface area contributed by atoms with Crippen LogP contribution in [0.25, 0.3) is 0 Å². The SMILES string of the molecule is CCOCCCNS(=O)(=O)c1ccc(NC(=O)CCS(=O)(=O)Cc2ccccc2)cc1. The third-order valence-corrected chi connectivity index (χ3v) is 7.36. The largest absolute Gasteiger partial charge is 0.382 e. The van der Waals surface area contributed by atoms with Crippen molar-refractivity contribution in [3.05, 3.63) is 60.2 Å². The van der Waals surface area contributed by atoms with Gasteiger partial charge in [-0.15, -0.1) is 0 Å². The number of carbonyl (C=O) groups excluding carboxylic acids is 1. The highest BCUT2D eigenvalue weighted by molar-refractivity contribution is 7.90. The van der Waals surface area contributed by atoms with E-state index in [2.05, 4.69) is 10.0 Å². The van der Waals surface area contributed by atoms with Crippen molar-refractivity contribution >= 4 is 31.5 Å². The number of anilines is 1. The fourth-order valence-corrected chi connectivity index (χ4v) is 5.11. The molecule has 0 unspecified atom stereocenters. The van der Waals surface area contributed by atoms with Gasteiger partial charge >= 0.3 is 0 Å². The highest BCUT2D eigenvalue weighted by Gasteiger charge is 2.16. The summed E-state index contributed by atoms with van der Waals surface area (Å²) in [6.07, 6.45) is 0.380. The number of sulfonamides is 1. The van der Waals surface area contributed by atoms with Gasteiger partial charge in [-0.05, 0) is 43.2 Å². The van der Waals surface area contributed by atoms with Crippen molar-refractivity contribution in [1.29, 1.82) is 0 Å². The third-order valence-electron chi connectivity index (χ3n) is 4.28. The Labute approximate surface area is 184 Å². The van der Waals surface area contributed by atoms with Crippen molar-refractivity contribution in [1.82, 2.24) is 4.72 Å². The predicted octanol–water partition coefficient (Wildman–Crippen LogP) is 2.34. The van der Waals surface area contributed by atoms with Crippen LogP contribution in [-0.4, -0.2) is 48.3 Å². The molecule has 1 amide bonds. The summed E-state index contributed by atoms with van der Waals surface area (Å²) in [5, 5.41) is 2.59. The van der Waals surface area contributed by atoms with Crippen molar-refractivity contribution in [3.63, 3.8) is 0 Å². The molecule has 2 N–H and O–H groups in total. The normalized spacial score (nSPS) is 11.9. The van der Waals surface area contributed by atoms with Crippen molar-refractivity contribution in [3.8, 4) is 0 Å².